The van der Waals surface area contributed by atoms with Crippen LogP contribution in [0.15, 0.2) is 48.2 Å². The molecule has 0 bridgehead atoms. The maximum atomic E-state index is 4.19. The van der Waals surface area contributed by atoms with E-state index >= 15 is 0 Å². The predicted molar refractivity (Wildman–Crippen MR) is 86.0 cm³/mol. The van der Waals surface area contributed by atoms with Crippen molar-refractivity contribution in [2.24, 2.45) is 0 Å². The van der Waals surface area contributed by atoms with Crippen molar-refractivity contribution in [3.63, 3.8) is 0 Å². The van der Waals surface area contributed by atoms with Gasteiger partial charge in [0.05, 0.1) is 0 Å². The van der Waals surface area contributed by atoms with Gasteiger partial charge in [0, 0.05) is 18.8 Å². The first kappa shape index (κ1) is 15.6. The first-order valence-electron chi connectivity index (χ1n) is 7.32. The maximum Gasteiger partial charge on any atom is 0.0386 e. The van der Waals surface area contributed by atoms with Gasteiger partial charge in [0.2, 0.25) is 0 Å². The van der Waals surface area contributed by atoms with Gasteiger partial charge >= 0.3 is 0 Å². The monoisotopic (exact) mass is 257 g/mol. The molecule has 1 heteroatoms. The summed E-state index contributed by atoms with van der Waals surface area (Å²) in [5.74, 6) is 0. The fourth-order valence-corrected chi connectivity index (χ4v) is 2.10. The van der Waals surface area contributed by atoms with Crippen LogP contribution in [-0.4, -0.2) is 18.0 Å². The second kappa shape index (κ2) is 8.58. The SMILES string of the molecule is C=C(CC)N(CCCC)C/C(C)=C/c1ccccc1. The average Bonchev–Trinajstić information content (AvgIpc) is 2.43. The molecule has 1 aromatic carbocycles. The van der Waals surface area contributed by atoms with Crippen molar-refractivity contribution in [2.75, 3.05) is 13.1 Å². The minimum absolute atomic E-state index is 0.988. The van der Waals surface area contributed by atoms with E-state index in [9.17, 15) is 0 Å². The normalized spacial score (nSPS) is 11.4. The molecule has 0 aliphatic rings. The molecular weight excluding hydrogens is 230 g/mol. The molecule has 0 heterocycles. The number of allylic oxidation sites excluding steroid dienone is 1. The van der Waals surface area contributed by atoms with Crippen molar-refractivity contribution in [2.45, 2.75) is 40.0 Å². The van der Waals surface area contributed by atoms with Gasteiger partial charge in [-0.15, -0.1) is 0 Å². The zero-order chi connectivity index (χ0) is 14.1. The largest absolute Gasteiger partial charge is 0.371 e. The third-order valence-corrected chi connectivity index (χ3v) is 3.29. The molecule has 0 amide bonds. The summed E-state index contributed by atoms with van der Waals surface area (Å²) in [7, 11) is 0. The summed E-state index contributed by atoms with van der Waals surface area (Å²) in [5, 5.41) is 0. The second-order valence-electron chi connectivity index (χ2n) is 5.10. The van der Waals surface area contributed by atoms with E-state index in [-0.39, 0.29) is 0 Å². The minimum atomic E-state index is 0.988. The van der Waals surface area contributed by atoms with Crippen LogP contribution in [0.1, 0.15) is 45.6 Å². The van der Waals surface area contributed by atoms with Gasteiger partial charge in [-0.1, -0.05) is 68.8 Å². The lowest BCUT2D eigenvalue weighted by Gasteiger charge is -2.26. The molecule has 0 N–H and O–H groups in total. The van der Waals surface area contributed by atoms with Crippen LogP contribution < -0.4 is 0 Å². The summed E-state index contributed by atoms with van der Waals surface area (Å²) in [5.41, 5.74) is 3.91. The number of hydrogen-bond donors (Lipinski definition) is 0. The van der Waals surface area contributed by atoms with Crippen molar-refractivity contribution in [3.8, 4) is 0 Å². The molecule has 1 rings (SSSR count). The van der Waals surface area contributed by atoms with Crippen LogP contribution in [0.2, 0.25) is 0 Å². The highest BCUT2D eigenvalue weighted by Gasteiger charge is 2.06. The molecule has 0 fully saturated rings. The van der Waals surface area contributed by atoms with E-state index in [4.69, 9.17) is 0 Å². The molecule has 0 saturated heterocycles. The van der Waals surface area contributed by atoms with Crippen LogP contribution in [0.3, 0.4) is 0 Å². The topological polar surface area (TPSA) is 3.24 Å². The second-order valence-corrected chi connectivity index (χ2v) is 5.10. The molecule has 0 aliphatic carbocycles. The van der Waals surface area contributed by atoms with E-state index in [0.717, 1.165) is 19.5 Å². The van der Waals surface area contributed by atoms with Crippen molar-refractivity contribution in [3.05, 3.63) is 53.7 Å². The van der Waals surface area contributed by atoms with Gasteiger partial charge in [-0.3, -0.25) is 0 Å². The Morgan fingerprint density at radius 3 is 2.47 bits per heavy atom. The van der Waals surface area contributed by atoms with Crippen molar-refractivity contribution < 1.29 is 0 Å². The number of unbranched alkanes of at least 4 members (excludes halogenated alkanes) is 1. The maximum absolute atomic E-state index is 4.19. The lowest BCUT2D eigenvalue weighted by Crippen LogP contribution is -2.25. The van der Waals surface area contributed by atoms with Crippen LogP contribution >= 0.6 is 0 Å². The van der Waals surface area contributed by atoms with Crippen LogP contribution in [-0.2, 0) is 0 Å². The van der Waals surface area contributed by atoms with E-state index in [1.54, 1.807) is 0 Å². The van der Waals surface area contributed by atoms with Gasteiger partial charge < -0.3 is 4.90 Å². The molecule has 0 atom stereocenters. The lowest BCUT2D eigenvalue weighted by molar-refractivity contribution is 0.356. The minimum Gasteiger partial charge on any atom is -0.371 e. The molecule has 0 radical (unpaired) electrons. The van der Waals surface area contributed by atoms with Crippen LogP contribution in [0, 0.1) is 0 Å². The highest BCUT2D eigenvalue weighted by atomic mass is 15.1. The summed E-state index contributed by atoms with van der Waals surface area (Å²) < 4.78 is 0. The third kappa shape index (κ3) is 5.78. The van der Waals surface area contributed by atoms with Crippen LogP contribution in [0.25, 0.3) is 6.08 Å². The van der Waals surface area contributed by atoms with Gasteiger partial charge in [-0.05, 0) is 25.3 Å². The summed E-state index contributed by atoms with van der Waals surface area (Å²) in [6.07, 6.45) is 5.76. The molecule has 0 saturated carbocycles. The smallest absolute Gasteiger partial charge is 0.0386 e. The summed E-state index contributed by atoms with van der Waals surface area (Å²) in [4.78, 5) is 2.41. The van der Waals surface area contributed by atoms with Crippen molar-refractivity contribution >= 4 is 6.08 Å². The lowest BCUT2D eigenvalue weighted by atomic mass is 10.1. The van der Waals surface area contributed by atoms with E-state index in [2.05, 4.69) is 68.7 Å². The third-order valence-electron chi connectivity index (χ3n) is 3.29. The summed E-state index contributed by atoms with van der Waals surface area (Å²) in [6.45, 7) is 12.9. The molecule has 0 unspecified atom stereocenters. The Labute approximate surface area is 118 Å². The molecule has 19 heavy (non-hydrogen) atoms. The van der Waals surface area contributed by atoms with E-state index in [1.807, 2.05) is 0 Å². The van der Waals surface area contributed by atoms with Crippen molar-refractivity contribution in [1.29, 1.82) is 0 Å². The van der Waals surface area contributed by atoms with E-state index < -0.39 is 0 Å². The summed E-state index contributed by atoms with van der Waals surface area (Å²) in [6, 6.07) is 10.5. The molecule has 1 aromatic rings. The van der Waals surface area contributed by atoms with E-state index in [0.29, 0.717) is 0 Å². The number of hydrogen-bond acceptors (Lipinski definition) is 1. The van der Waals surface area contributed by atoms with E-state index in [1.165, 1.54) is 29.7 Å². The molecular formula is C18H27N. The fourth-order valence-electron chi connectivity index (χ4n) is 2.10. The fraction of sp³-hybridized carbons (Fsp3) is 0.444. The first-order chi connectivity index (χ1) is 9.17. The molecule has 0 aliphatic heterocycles. The molecule has 104 valence electrons. The van der Waals surface area contributed by atoms with Gasteiger partial charge in [0.25, 0.3) is 0 Å². The Morgan fingerprint density at radius 2 is 1.89 bits per heavy atom. The van der Waals surface area contributed by atoms with Gasteiger partial charge in [-0.2, -0.15) is 0 Å². The Balaban J connectivity index is 2.67. The van der Waals surface area contributed by atoms with Crippen LogP contribution in [0.4, 0.5) is 0 Å². The molecule has 1 nitrogen and oxygen atoms in total. The summed E-state index contributed by atoms with van der Waals surface area (Å²) >= 11 is 0. The highest BCUT2D eigenvalue weighted by molar-refractivity contribution is 5.52. The van der Waals surface area contributed by atoms with Gasteiger partial charge in [-0.25, -0.2) is 0 Å². The Hall–Kier alpha value is -1.50. The average molecular weight is 257 g/mol. The quantitative estimate of drug-likeness (QED) is 0.625. The van der Waals surface area contributed by atoms with Crippen molar-refractivity contribution in [1.82, 2.24) is 4.90 Å². The van der Waals surface area contributed by atoms with Gasteiger partial charge in [0.1, 0.15) is 0 Å². The number of nitrogens with zero attached hydrogens (tertiary/aromatic N) is 1. The standard InChI is InChI=1S/C18H27N/c1-5-7-13-19(17(4)6-2)15-16(3)14-18-11-9-8-10-12-18/h8-12,14H,4-7,13,15H2,1-3H3/b16-14+. The number of benzene rings is 1. The van der Waals surface area contributed by atoms with Gasteiger partial charge in [0.15, 0.2) is 0 Å². The predicted octanol–water partition coefficient (Wildman–Crippen LogP) is 5.12. The first-order valence-corrected chi connectivity index (χ1v) is 7.32. The Morgan fingerprint density at radius 1 is 1.21 bits per heavy atom. The zero-order valence-electron chi connectivity index (χ0n) is 12.7. The molecule has 0 spiro atoms. The number of rotatable bonds is 8. The molecule has 0 aromatic heterocycles. The highest BCUT2D eigenvalue weighted by Crippen LogP contribution is 2.13. The van der Waals surface area contributed by atoms with Crippen LogP contribution in [0.5, 0.6) is 0 Å². The Kier molecular flexibility index (Phi) is 7.02. The zero-order valence-corrected chi connectivity index (χ0v) is 12.7. The Bertz CT molecular complexity index is 403.